The Labute approximate surface area is 101 Å². The summed E-state index contributed by atoms with van der Waals surface area (Å²) in [6.07, 6.45) is 5.50. The molecule has 0 spiro atoms. The first kappa shape index (κ1) is 12.1. The Balaban J connectivity index is 1.83. The standard InChI is InChI=1S/C12H19N3O2/c1-14-9-13-7-11(14)8-15-5-3-10(4-6-15)12(16)17-2/h7,9-10H,3-6,8H2,1-2H3. The van der Waals surface area contributed by atoms with E-state index in [0.717, 1.165) is 32.5 Å². The van der Waals surface area contributed by atoms with Crippen molar-refractivity contribution in [1.29, 1.82) is 0 Å². The summed E-state index contributed by atoms with van der Waals surface area (Å²) < 4.78 is 6.81. The van der Waals surface area contributed by atoms with E-state index in [9.17, 15) is 4.79 Å². The third-order valence-corrected chi connectivity index (χ3v) is 3.42. The van der Waals surface area contributed by atoms with Gasteiger partial charge in [0.05, 0.1) is 25.0 Å². The van der Waals surface area contributed by atoms with Gasteiger partial charge in [0.1, 0.15) is 0 Å². The molecule has 0 amide bonds. The zero-order valence-corrected chi connectivity index (χ0v) is 10.4. The van der Waals surface area contributed by atoms with Gasteiger partial charge in [-0.15, -0.1) is 0 Å². The summed E-state index contributed by atoms with van der Waals surface area (Å²) in [5, 5.41) is 0. The van der Waals surface area contributed by atoms with Gasteiger partial charge in [0.15, 0.2) is 0 Å². The predicted octanol–water partition coefficient (Wildman–Crippen LogP) is 0.805. The molecule has 1 aliphatic rings. The van der Waals surface area contributed by atoms with E-state index in [-0.39, 0.29) is 11.9 Å². The summed E-state index contributed by atoms with van der Waals surface area (Å²) >= 11 is 0. The van der Waals surface area contributed by atoms with Gasteiger partial charge in [-0.1, -0.05) is 0 Å². The second-order valence-corrected chi connectivity index (χ2v) is 4.57. The third-order valence-electron chi connectivity index (χ3n) is 3.42. The Morgan fingerprint density at radius 1 is 1.53 bits per heavy atom. The summed E-state index contributed by atoms with van der Waals surface area (Å²) in [6.45, 7) is 2.81. The molecule has 1 fully saturated rings. The topological polar surface area (TPSA) is 47.4 Å². The molecular weight excluding hydrogens is 218 g/mol. The van der Waals surface area contributed by atoms with E-state index in [0.29, 0.717) is 0 Å². The van der Waals surface area contributed by atoms with E-state index in [2.05, 4.69) is 9.88 Å². The number of ether oxygens (including phenoxy) is 1. The van der Waals surface area contributed by atoms with Crippen LogP contribution in [0.25, 0.3) is 0 Å². The van der Waals surface area contributed by atoms with Gasteiger partial charge in [-0.25, -0.2) is 4.98 Å². The average molecular weight is 237 g/mol. The number of nitrogens with zero attached hydrogens (tertiary/aromatic N) is 3. The van der Waals surface area contributed by atoms with Crippen molar-refractivity contribution in [2.75, 3.05) is 20.2 Å². The van der Waals surface area contributed by atoms with Crippen molar-refractivity contribution in [1.82, 2.24) is 14.5 Å². The number of rotatable bonds is 3. The van der Waals surface area contributed by atoms with Gasteiger partial charge in [0.2, 0.25) is 0 Å². The Hall–Kier alpha value is -1.36. The summed E-state index contributed by atoms with van der Waals surface area (Å²) in [5.41, 5.74) is 1.21. The maximum atomic E-state index is 11.4. The fourth-order valence-corrected chi connectivity index (χ4v) is 2.26. The van der Waals surface area contributed by atoms with Crippen molar-refractivity contribution in [2.45, 2.75) is 19.4 Å². The second-order valence-electron chi connectivity index (χ2n) is 4.57. The zero-order valence-electron chi connectivity index (χ0n) is 10.4. The zero-order chi connectivity index (χ0) is 12.3. The highest BCUT2D eigenvalue weighted by Crippen LogP contribution is 2.19. The minimum absolute atomic E-state index is 0.0646. The molecule has 0 aromatic carbocycles. The molecule has 0 atom stereocenters. The molecule has 94 valence electrons. The van der Waals surface area contributed by atoms with Crippen LogP contribution in [0.3, 0.4) is 0 Å². The Kier molecular flexibility index (Phi) is 3.78. The molecule has 0 saturated carbocycles. The highest BCUT2D eigenvalue weighted by molar-refractivity contribution is 5.72. The molecule has 2 heterocycles. The number of aromatic nitrogens is 2. The monoisotopic (exact) mass is 237 g/mol. The lowest BCUT2D eigenvalue weighted by Gasteiger charge is -2.30. The van der Waals surface area contributed by atoms with Gasteiger partial charge in [-0.2, -0.15) is 0 Å². The number of methoxy groups -OCH3 is 1. The third kappa shape index (κ3) is 2.85. The number of carbonyl (C=O) groups excluding carboxylic acids is 1. The molecule has 0 bridgehead atoms. The van der Waals surface area contributed by atoms with E-state index < -0.39 is 0 Å². The Morgan fingerprint density at radius 2 is 2.24 bits per heavy atom. The largest absolute Gasteiger partial charge is 0.469 e. The van der Waals surface area contributed by atoms with Crippen LogP contribution in [0.15, 0.2) is 12.5 Å². The lowest BCUT2D eigenvalue weighted by molar-refractivity contribution is -0.147. The highest BCUT2D eigenvalue weighted by atomic mass is 16.5. The van der Waals surface area contributed by atoms with Crippen LogP contribution in [0, 0.1) is 5.92 Å². The normalized spacial score (nSPS) is 18.2. The van der Waals surface area contributed by atoms with E-state index in [1.54, 1.807) is 0 Å². The van der Waals surface area contributed by atoms with Crippen LogP contribution in [-0.2, 0) is 23.1 Å². The average Bonchev–Trinajstić information content (AvgIpc) is 2.75. The number of hydrogen-bond donors (Lipinski definition) is 0. The van der Waals surface area contributed by atoms with Gasteiger partial charge in [0, 0.05) is 19.8 Å². The molecule has 0 N–H and O–H groups in total. The van der Waals surface area contributed by atoms with Gasteiger partial charge in [0.25, 0.3) is 0 Å². The van der Waals surface area contributed by atoms with Crippen molar-refractivity contribution in [3.63, 3.8) is 0 Å². The maximum Gasteiger partial charge on any atom is 0.308 e. The lowest BCUT2D eigenvalue weighted by Crippen LogP contribution is -2.36. The first-order chi connectivity index (χ1) is 8.20. The van der Waals surface area contributed by atoms with Crippen molar-refractivity contribution in [3.05, 3.63) is 18.2 Å². The minimum Gasteiger partial charge on any atom is -0.469 e. The molecule has 0 aliphatic carbocycles. The van der Waals surface area contributed by atoms with E-state index in [4.69, 9.17) is 4.74 Å². The van der Waals surface area contributed by atoms with Crippen LogP contribution in [0.5, 0.6) is 0 Å². The van der Waals surface area contributed by atoms with Crippen LogP contribution in [0.2, 0.25) is 0 Å². The second kappa shape index (κ2) is 5.31. The fraction of sp³-hybridized carbons (Fsp3) is 0.667. The number of aryl methyl sites for hydroxylation is 1. The maximum absolute atomic E-state index is 11.4. The Morgan fingerprint density at radius 3 is 2.76 bits per heavy atom. The number of imidazole rings is 1. The number of likely N-dealkylation sites (tertiary alicyclic amines) is 1. The number of carbonyl (C=O) groups is 1. The molecule has 17 heavy (non-hydrogen) atoms. The van der Waals surface area contributed by atoms with E-state index in [1.807, 2.05) is 24.1 Å². The summed E-state index contributed by atoms with van der Waals surface area (Å²) in [4.78, 5) is 17.9. The van der Waals surface area contributed by atoms with Crippen molar-refractivity contribution in [3.8, 4) is 0 Å². The minimum atomic E-state index is -0.0646. The lowest BCUT2D eigenvalue weighted by atomic mass is 9.97. The van der Waals surface area contributed by atoms with Crippen molar-refractivity contribution < 1.29 is 9.53 Å². The van der Waals surface area contributed by atoms with Gasteiger partial charge >= 0.3 is 5.97 Å². The van der Waals surface area contributed by atoms with Crippen LogP contribution in [-0.4, -0.2) is 40.6 Å². The van der Waals surface area contributed by atoms with E-state index >= 15 is 0 Å². The van der Waals surface area contributed by atoms with Crippen LogP contribution in [0.4, 0.5) is 0 Å². The number of piperidine rings is 1. The van der Waals surface area contributed by atoms with Gasteiger partial charge in [-0.3, -0.25) is 9.69 Å². The summed E-state index contributed by atoms with van der Waals surface area (Å²) in [7, 11) is 3.47. The summed E-state index contributed by atoms with van der Waals surface area (Å²) in [6, 6.07) is 0. The molecule has 2 rings (SSSR count). The smallest absolute Gasteiger partial charge is 0.308 e. The molecule has 0 radical (unpaired) electrons. The molecular formula is C12H19N3O2. The highest BCUT2D eigenvalue weighted by Gasteiger charge is 2.25. The molecule has 5 nitrogen and oxygen atoms in total. The SMILES string of the molecule is COC(=O)C1CCN(Cc2cncn2C)CC1. The van der Waals surface area contributed by atoms with Crippen molar-refractivity contribution in [2.24, 2.45) is 13.0 Å². The van der Waals surface area contributed by atoms with Crippen molar-refractivity contribution >= 4 is 5.97 Å². The Bertz CT molecular complexity index is 381. The summed E-state index contributed by atoms with van der Waals surface area (Å²) in [5.74, 6) is 0.0213. The number of hydrogen-bond acceptors (Lipinski definition) is 4. The molecule has 1 aliphatic heterocycles. The molecule has 1 aromatic rings. The fourth-order valence-electron chi connectivity index (χ4n) is 2.26. The first-order valence-electron chi connectivity index (χ1n) is 5.96. The molecule has 1 saturated heterocycles. The molecule has 1 aromatic heterocycles. The first-order valence-corrected chi connectivity index (χ1v) is 5.96. The quantitative estimate of drug-likeness (QED) is 0.730. The van der Waals surface area contributed by atoms with E-state index in [1.165, 1.54) is 12.8 Å². The van der Waals surface area contributed by atoms with Gasteiger partial charge < -0.3 is 9.30 Å². The molecule has 0 unspecified atom stereocenters. The number of esters is 1. The van der Waals surface area contributed by atoms with Crippen LogP contribution >= 0.6 is 0 Å². The van der Waals surface area contributed by atoms with Gasteiger partial charge in [-0.05, 0) is 25.9 Å². The molecule has 5 heteroatoms. The predicted molar refractivity (Wildman–Crippen MR) is 63.2 cm³/mol. The van der Waals surface area contributed by atoms with Crippen LogP contribution in [0.1, 0.15) is 18.5 Å². The van der Waals surface area contributed by atoms with Crippen LogP contribution < -0.4 is 0 Å².